The van der Waals surface area contributed by atoms with Gasteiger partial charge >= 0.3 is 0 Å². The fraction of sp³-hybridized carbons (Fsp3) is 0.222. The zero-order valence-corrected chi connectivity index (χ0v) is 13.8. The van der Waals surface area contributed by atoms with Crippen LogP contribution >= 0.6 is 0 Å². The Morgan fingerprint density at radius 2 is 2.04 bits per heavy atom. The summed E-state index contributed by atoms with van der Waals surface area (Å²) in [6, 6.07) is 5.04. The molecule has 25 heavy (non-hydrogen) atoms. The number of halogens is 2. The van der Waals surface area contributed by atoms with E-state index in [1.54, 1.807) is 36.9 Å². The van der Waals surface area contributed by atoms with Crippen LogP contribution in [0.1, 0.15) is 22.4 Å². The lowest BCUT2D eigenvalue weighted by Gasteiger charge is -2.15. The van der Waals surface area contributed by atoms with Gasteiger partial charge in [-0.3, -0.25) is 9.89 Å². The maximum absolute atomic E-state index is 13.7. The minimum atomic E-state index is -0.678. The van der Waals surface area contributed by atoms with E-state index in [2.05, 4.69) is 10.2 Å². The summed E-state index contributed by atoms with van der Waals surface area (Å²) < 4.78 is 33.9. The fourth-order valence-electron chi connectivity index (χ4n) is 2.53. The molecule has 0 aliphatic carbocycles. The van der Waals surface area contributed by atoms with Gasteiger partial charge in [-0.25, -0.2) is 8.78 Å². The van der Waals surface area contributed by atoms with Gasteiger partial charge in [0, 0.05) is 29.1 Å². The molecule has 0 fully saturated rings. The molecule has 5 nitrogen and oxygen atoms in total. The Balaban J connectivity index is 1.84. The van der Waals surface area contributed by atoms with Crippen molar-refractivity contribution in [3.8, 4) is 5.75 Å². The summed E-state index contributed by atoms with van der Waals surface area (Å²) in [6.45, 7) is 3.77. The van der Waals surface area contributed by atoms with Crippen LogP contribution in [-0.2, 0) is 13.2 Å². The average molecular weight is 345 g/mol. The summed E-state index contributed by atoms with van der Waals surface area (Å²) in [5.74, 6) is -0.938. The van der Waals surface area contributed by atoms with Gasteiger partial charge < -0.3 is 9.30 Å². The van der Waals surface area contributed by atoms with Gasteiger partial charge in [0.05, 0.1) is 18.3 Å². The van der Waals surface area contributed by atoms with Gasteiger partial charge in [0.1, 0.15) is 24.0 Å². The second-order valence-corrected chi connectivity index (χ2v) is 5.80. The molecule has 0 aliphatic rings. The summed E-state index contributed by atoms with van der Waals surface area (Å²) in [5.41, 5.74) is 2.06. The van der Waals surface area contributed by atoms with Crippen LogP contribution in [-0.4, -0.2) is 14.8 Å². The quantitative estimate of drug-likeness (QED) is 0.773. The smallest absolute Gasteiger partial charge is 0.257 e. The van der Waals surface area contributed by atoms with E-state index >= 15 is 0 Å². The van der Waals surface area contributed by atoms with E-state index in [4.69, 9.17) is 4.74 Å². The minimum absolute atomic E-state index is 0.0857. The van der Waals surface area contributed by atoms with Gasteiger partial charge in [-0.15, -0.1) is 0 Å². The minimum Gasteiger partial charge on any atom is -0.488 e. The maximum atomic E-state index is 13.7. The van der Waals surface area contributed by atoms with Gasteiger partial charge in [0.2, 0.25) is 0 Å². The number of hydrogen-bond acceptors (Lipinski definition) is 3. The van der Waals surface area contributed by atoms with Gasteiger partial charge in [0.15, 0.2) is 0 Å². The first-order chi connectivity index (χ1) is 12.0. The standard InChI is InChI=1S/C18H17F2N3O2/c1-11-5-17(25-10-14-3-4-15(19)6-16(14)20)12(2)18(24)23(11)9-13-7-21-22-8-13/h3-8H,9-10H2,1-2H3,(H,21,22). The summed E-state index contributed by atoms with van der Waals surface area (Å²) >= 11 is 0. The third kappa shape index (κ3) is 3.60. The Morgan fingerprint density at radius 1 is 1.24 bits per heavy atom. The Hall–Kier alpha value is -2.96. The van der Waals surface area contributed by atoms with Crippen molar-refractivity contribution < 1.29 is 13.5 Å². The number of pyridine rings is 1. The van der Waals surface area contributed by atoms with E-state index in [0.717, 1.165) is 11.6 Å². The third-order valence-electron chi connectivity index (χ3n) is 4.00. The molecule has 1 aromatic carbocycles. The van der Waals surface area contributed by atoms with E-state index in [9.17, 15) is 13.6 Å². The first-order valence-corrected chi connectivity index (χ1v) is 7.71. The van der Waals surface area contributed by atoms with Crippen LogP contribution < -0.4 is 10.3 Å². The van der Waals surface area contributed by atoms with Crippen molar-refractivity contribution in [1.29, 1.82) is 0 Å². The molecular formula is C18H17F2N3O2. The first-order valence-electron chi connectivity index (χ1n) is 7.71. The lowest BCUT2D eigenvalue weighted by molar-refractivity contribution is 0.295. The summed E-state index contributed by atoms with van der Waals surface area (Å²) in [5, 5.41) is 6.58. The van der Waals surface area contributed by atoms with Crippen LogP contribution in [0.25, 0.3) is 0 Å². The normalized spacial score (nSPS) is 10.9. The van der Waals surface area contributed by atoms with Crippen molar-refractivity contribution in [1.82, 2.24) is 14.8 Å². The van der Waals surface area contributed by atoms with Gasteiger partial charge in [-0.1, -0.05) is 0 Å². The predicted octanol–water partition coefficient (Wildman–Crippen LogP) is 3.09. The van der Waals surface area contributed by atoms with E-state index in [1.807, 2.05) is 0 Å². The van der Waals surface area contributed by atoms with Gasteiger partial charge in [-0.2, -0.15) is 5.10 Å². The van der Waals surface area contributed by atoms with Crippen molar-refractivity contribution in [2.24, 2.45) is 0 Å². The number of rotatable bonds is 5. The lowest BCUT2D eigenvalue weighted by Crippen LogP contribution is -2.25. The molecule has 3 rings (SSSR count). The van der Waals surface area contributed by atoms with Gasteiger partial charge in [0.25, 0.3) is 5.56 Å². The zero-order chi connectivity index (χ0) is 18.0. The highest BCUT2D eigenvalue weighted by molar-refractivity contribution is 5.33. The molecule has 0 aliphatic heterocycles. The highest BCUT2D eigenvalue weighted by Gasteiger charge is 2.12. The predicted molar refractivity (Wildman–Crippen MR) is 88.6 cm³/mol. The van der Waals surface area contributed by atoms with E-state index in [0.29, 0.717) is 23.6 Å². The largest absolute Gasteiger partial charge is 0.488 e. The van der Waals surface area contributed by atoms with E-state index in [-0.39, 0.29) is 17.7 Å². The molecule has 7 heteroatoms. The van der Waals surface area contributed by atoms with Crippen molar-refractivity contribution in [2.75, 3.05) is 0 Å². The molecule has 2 heterocycles. The summed E-state index contributed by atoms with van der Waals surface area (Å²) in [4.78, 5) is 12.6. The molecule has 2 aromatic heterocycles. The van der Waals surface area contributed by atoms with Crippen LogP contribution in [0.15, 0.2) is 41.5 Å². The van der Waals surface area contributed by atoms with Crippen molar-refractivity contribution in [3.05, 3.63) is 81.0 Å². The van der Waals surface area contributed by atoms with Crippen molar-refractivity contribution >= 4 is 0 Å². The SMILES string of the molecule is Cc1c(OCc2ccc(F)cc2F)cc(C)n(Cc2cn[nH]c2)c1=O. The van der Waals surface area contributed by atoms with Crippen molar-refractivity contribution in [2.45, 2.75) is 27.0 Å². The molecule has 0 amide bonds. The molecule has 0 bridgehead atoms. The second-order valence-electron chi connectivity index (χ2n) is 5.80. The first kappa shape index (κ1) is 16.9. The Labute approximate surface area is 142 Å². The third-order valence-corrected chi connectivity index (χ3v) is 4.00. The Kier molecular flexibility index (Phi) is 4.65. The van der Waals surface area contributed by atoms with Crippen LogP contribution in [0.3, 0.4) is 0 Å². The van der Waals surface area contributed by atoms with Gasteiger partial charge in [-0.05, 0) is 32.0 Å². The van der Waals surface area contributed by atoms with E-state index < -0.39 is 11.6 Å². The second kappa shape index (κ2) is 6.88. The number of ether oxygens (including phenoxy) is 1. The van der Waals surface area contributed by atoms with Crippen molar-refractivity contribution in [3.63, 3.8) is 0 Å². The molecule has 1 N–H and O–H groups in total. The molecule has 3 aromatic rings. The molecule has 0 spiro atoms. The zero-order valence-electron chi connectivity index (χ0n) is 13.8. The summed E-state index contributed by atoms with van der Waals surface area (Å²) in [7, 11) is 0. The highest BCUT2D eigenvalue weighted by atomic mass is 19.1. The van der Waals surface area contributed by atoms with Crippen LogP contribution in [0.2, 0.25) is 0 Å². The highest BCUT2D eigenvalue weighted by Crippen LogP contribution is 2.19. The maximum Gasteiger partial charge on any atom is 0.257 e. The lowest BCUT2D eigenvalue weighted by atomic mass is 10.2. The summed E-state index contributed by atoms with van der Waals surface area (Å²) in [6.07, 6.45) is 3.38. The van der Waals surface area contributed by atoms with Crippen LogP contribution in [0, 0.1) is 25.5 Å². The number of aromatic nitrogens is 3. The number of aromatic amines is 1. The molecular weight excluding hydrogens is 328 g/mol. The number of hydrogen-bond donors (Lipinski definition) is 1. The van der Waals surface area contributed by atoms with E-state index in [1.165, 1.54) is 12.1 Å². The number of aryl methyl sites for hydroxylation is 1. The van der Waals surface area contributed by atoms with Crippen LogP contribution in [0.4, 0.5) is 8.78 Å². The number of nitrogens with one attached hydrogen (secondary N) is 1. The fourth-order valence-corrected chi connectivity index (χ4v) is 2.53. The molecule has 0 radical (unpaired) electrons. The monoisotopic (exact) mass is 345 g/mol. The molecule has 0 atom stereocenters. The molecule has 0 saturated heterocycles. The average Bonchev–Trinajstić information content (AvgIpc) is 3.08. The van der Waals surface area contributed by atoms with Crippen LogP contribution in [0.5, 0.6) is 5.75 Å². The Morgan fingerprint density at radius 3 is 2.72 bits per heavy atom. The number of nitrogens with zero attached hydrogens (tertiary/aromatic N) is 2. The number of benzene rings is 1. The molecule has 130 valence electrons. The topological polar surface area (TPSA) is 59.9 Å². The molecule has 0 saturated carbocycles. The Bertz CT molecular complexity index is 950. The molecule has 0 unspecified atom stereocenters. The number of H-pyrrole nitrogens is 1.